The smallest absolute Gasteiger partial charge is 0.0705 e. The molecule has 0 saturated carbocycles. The topological polar surface area (TPSA) is 24.9 Å². The summed E-state index contributed by atoms with van der Waals surface area (Å²) in [4.78, 5) is 4.80. The summed E-state index contributed by atoms with van der Waals surface area (Å²) in [5, 5.41) is 4.68. The Hall–Kier alpha value is -1.67. The molecule has 21 heavy (non-hydrogen) atoms. The summed E-state index contributed by atoms with van der Waals surface area (Å²) >= 11 is 0. The first-order valence-corrected chi connectivity index (χ1v) is 8.05. The molecule has 0 aliphatic heterocycles. The van der Waals surface area contributed by atoms with E-state index >= 15 is 0 Å². The van der Waals surface area contributed by atoms with E-state index in [9.17, 15) is 0 Å². The Bertz CT molecular complexity index is 630. The average molecular weight is 280 g/mol. The molecule has 0 radical (unpaired) electrons. The molecule has 110 valence electrons. The van der Waals surface area contributed by atoms with Crippen LogP contribution in [0, 0.1) is 0 Å². The Balaban J connectivity index is 1.71. The predicted octanol–water partition coefficient (Wildman–Crippen LogP) is 4.26. The van der Waals surface area contributed by atoms with Crippen LogP contribution in [0.5, 0.6) is 0 Å². The number of nitrogens with zero attached hydrogens (tertiary/aromatic N) is 1. The van der Waals surface area contributed by atoms with Crippen LogP contribution in [0.2, 0.25) is 0 Å². The van der Waals surface area contributed by atoms with Crippen molar-refractivity contribution in [2.24, 2.45) is 0 Å². The van der Waals surface area contributed by atoms with Crippen molar-refractivity contribution >= 4 is 10.9 Å². The fourth-order valence-corrected chi connectivity index (χ4v) is 3.16. The highest BCUT2D eigenvalue weighted by atomic mass is 14.9. The molecule has 1 atom stereocenters. The Morgan fingerprint density at radius 3 is 2.81 bits per heavy atom. The van der Waals surface area contributed by atoms with Gasteiger partial charge in [-0.15, -0.1) is 0 Å². The molecule has 0 spiro atoms. The zero-order valence-corrected chi connectivity index (χ0v) is 12.8. The van der Waals surface area contributed by atoms with Crippen LogP contribution in [-0.2, 0) is 6.42 Å². The van der Waals surface area contributed by atoms with Crippen molar-refractivity contribution in [1.29, 1.82) is 0 Å². The predicted molar refractivity (Wildman–Crippen MR) is 89.5 cm³/mol. The van der Waals surface area contributed by atoms with Crippen molar-refractivity contribution in [1.82, 2.24) is 10.3 Å². The van der Waals surface area contributed by atoms with Crippen LogP contribution in [0.25, 0.3) is 10.9 Å². The molecular formula is C19H24N2. The van der Waals surface area contributed by atoms with Crippen LogP contribution >= 0.6 is 0 Å². The van der Waals surface area contributed by atoms with E-state index in [0.717, 1.165) is 18.4 Å². The molecule has 1 aromatic carbocycles. The molecule has 1 heterocycles. The lowest BCUT2D eigenvalue weighted by Gasteiger charge is -2.20. The van der Waals surface area contributed by atoms with Gasteiger partial charge in [0, 0.05) is 23.5 Å². The van der Waals surface area contributed by atoms with Gasteiger partial charge >= 0.3 is 0 Å². The lowest BCUT2D eigenvalue weighted by molar-refractivity contribution is 0.528. The van der Waals surface area contributed by atoms with Gasteiger partial charge in [0.1, 0.15) is 0 Å². The summed E-state index contributed by atoms with van der Waals surface area (Å²) in [6.07, 6.45) is 9.87. The molecule has 0 fully saturated rings. The van der Waals surface area contributed by atoms with Crippen molar-refractivity contribution in [3.63, 3.8) is 0 Å². The molecule has 1 aliphatic rings. The normalized spacial score (nSPS) is 16.7. The number of fused-ring (bicyclic) bond motifs is 1. The van der Waals surface area contributed by atoms with Crippen LogP contribution in [0.3, 0.4) is 0 Å². The van der Waals surface area contributed by atoms with Crippen LogP contribution in [0.15, 0.2) is 48.0 Å². The summed E-state index contributed by atoms with van der Waals surface area (Å²) < 4.78 is 0. The van der Waals surface area contributed by atoms with Gasteiger partial charge in [-0.1, -0.05) is 35.9 Å². The maximum atomic E-state index is 4.80. The molecule has 2 heteroatoms. The summed E-state index contributed by atoms with van der Waals surface area (Å²) in [6, 6.07) is 13.2. The molecule has 2 nitrogen and oxygen atoms in total. The van der Waals surface area contributed by atoms with Crippen molar-refractivity contribution in [3.05, 3.63) is 53.7 Å². The number of allylic oxidation sites excluding steroid dienone is 1. The third kappa shape index (κ3) is 3.70. The van der Waals surface area contributed by atoms with Gasteiger partial charge in [-0.2, -0.15) is 0 Å². The number of hydrogen-bond acceptors (Lipinski definition) is 2. The van der Waals surface area contributed by atoms with E-state index in [1.807, 2.05) is 0 Å². The fourth-order valence-electron chi connectivity index (χ4n) is 3.16. The maximum Gasteiger partial charge on any atom is 0.0705 e. The molecule has 1 aliphatic carbocycles. The number of hydrogen-bond donors (Lipinski definition) is 1. The van der Waals surface area contributed by atoms with Crippen LogP contribution in [0.4, 0.5) is 0 Å². The van der Waals surface area contributed by atoms with Crippen molar-refractivity contribution < 1.29 is 0 Å². The van der Waals surface area contributed by atoms with Gasteiger partial charge in [0.2, 0.25) is 0 Å². The van der Waals surface area contributed by atoms with Crippen molar-refractivity contribution in [3.8, 4) is 0 Å². The van der Waals surface area contributed by atoms with Crippen LogP contribution in [0.1, 0.15) is 37.8 Å². The van der Waals surface area contributed by atoms with Crippen molar-refractivity contribution in [2.75, 3.05) is 7.05 Å². The fraction of sp³-hybridized carbons (Fsp3) is 0.421. The SMILES string of the molecule is CNC(CC1=CCCCC1)Cc1ccc2ccccc2n1. The zero-order valence-electron chi connectivity index (χ0n) is 12.8. The van der Waals surface area contributed by atoms with Gasteiger partial charge in [0.05, 0.1) is 5.52 Å². The first kappa shape index (κ1) is 14.3. The number of para-hydroxylation sites is 1. The van der Waals surface area contributed by atoms with E-state index < -0.39 is 0 Å². The maximum absolute atomic E-state index is 4.80. The summed E-state index contributed by atoms with van der Waals surface area (Å²) in [7, 11) is 2.06. The number of pyridine rings is 1. The molecule has 3 rings (SSSR count). The second-order valence-corrected chi connectivity index (χ2v) is 6.00. The van der Waals surface area contributed by atoms with E-state index in [2.05, 4.69) is 54.8 Å². The minimum Gasteiger partial charge on any atom is -0.316 e. The van der Waals surface area contributed by atoms with Gasteiger partial charge in [-0.25, -0.2) is 0 Å². The number of rotatable bonds is 5. The lowest BCUT2D eigenvalue weighted by Crippen LogP contribution is -2.28. The number of aromatic nitrogens is 1. The third-order valence-corrected chi connectivity index (χ3v) is 4.41. The Morgan fingerprint density at radius 2 is 2.00 bits per heavy atom. The second kappa shape index (κ2) is 6.86. The summed E-state index contributed by atoms with van der Waals surface area (Å²) in [5.41, 5.74) is 3.91. The Kier molecular flexibility index (Phi) is 4.66. The zero-order chi connectivity index (χ0) is 14.5. The van der Waals surface area contributed by atoms with Gasteiger partial charge in [0.25, 0.3) is 0 Å². The summed E-state index contributed by atoms with van der Waals surface area (Å²) in [5.74, 6) is 0. The molecule has 1 aromatic heterocycles. The monoisotopic (exact) mass is 280 g/mol. The Morgan fingerprint density at radius 1 is 1.10 bits per heavy atom. The molecule has 1 N–H and O–H groups in total. The standard InChI is InChI=1S/C19H24N2/c1-20-18(13-15-7-3-2-4-8-15)14-17-12-11-16-9-5-6-10-19(16)21-17/h5-7,9-12,18,20H,2-4,8,13-14H2,1H3. The first-order chi connectivity index (χ1) is 10.3. The van der Waals surface area contributed by atoms with E-state index in [1.54, 1.807) is 5.57 Å². The molecule has 2 aromatic rings. The highest BCUT2D eigenvalue weighted by molar-refractivity contribution is 5.78. The van der Waals surface area contributed by atoms with E-state index in [4.69, 9.17) is 4.98 Å². The quantitative estimate of drug-likeness (QED) is 0.828. The third-order valence-electron chi connectivity index (χ3n) is 4.41. The number of likely N-dealkylation sites (N-methyl/N-ethyl adjacent to an activating group) is 1. The second-order valence-electron chi connectivity index (χ2n) is 6.00. The molecule has 0 saturated heterocycles. The van der Waals surface area contributed by atoms with E-state index in [0.29, 0.717) is 6.04 Å². The molecule has 1 unspecified atom stereocenters. The summed E-state index contributed by atoms with van der Waals surface area (Å²) in [6.45, 7) is 0. The largest absolute Gasteiger partial charge is 0.316 e. The first-order valence-electron chi connectivity index (χ1n) is 8.05. The minimum absolute atomic E-state index is 0.489. The molecule has 0 bridgehead atoms. The van der Waals surface area contributed by atoms with Crippen LogP contribution < -0.4 is 5.32 Å². The van der Waals surface area contributed by atoms with Gasteiger partial charge in [0.15, 0.2) is 0 Å². The molecular weight excluding hydrogens is 256 g/mol. The Labute approximate surface area is 127 Å². The van der Waals surface area contributed by atoms with E-state index in [1.165, 1.54) is 36.8 Å². The number of nitrogens with one attached hydrogen (secondary N) is 1. The van der Waals surface area contributed by atoms with E-state index in [-0.39, 0.29) is 0 Å². The lowest BCUT2D eigenvalue weighted by atomic mass is 9.92. The molecule has 0 amide bonds. The van der Waals surface area contributed by atoms with Gasteiger partial charge < -0.3 is 5.32 Å². The van der Waals surface area contributed by atoms with Crippen molar-refractivity contribution in [2.45, 2.75) is 44.6 Å². The van der Waals surface area contributed by atoms with Crippen LogP contribution in [-0.4, -0.2) is 18.1 Å². The highest BCUT2D eigenvalue weighted by Gasteiger charge is 2.13. The minimum atomic E-state index is 0.489. The number of benzene rings is 1. The highest BCUT2D eigenvalue weighted by Crippen LogP contribution is 2.22. The average Bonchev–Trinajstić information content (AvgIpc) is 2.55. The van der Waals surface area contributed by atoms with Gasteiger partial charge in [-0.05, 0) is 51.3 Å². The van der Waals surface area contributed by atoms with Gasteiger partial charge in [-0.3, -0.25) is 4.98 Å².